The summed E-state index contributed by atoms with van der Waals surface area (Å²) in [6.07, 6.45) is 0.862. The molecule has 4 aromatic carbocycles. The van der Waals surface area contributed by atoms with Crippen molar-refractivity contribution in [3.63, 3.8) is 0 Å². The predicted octanol–water partition coefficient (Wildman–Crippen LogP) is 6.54. The van der Waals surface area contributed by atoms with E-state index in [1.165, 1.54) is 41.3 Å². The van der Waals surface area contributed by atoms with E-state index in [4.69, 9.17) is 11.6 Å². The van der Waals surface area contributed by atoms with Gasteiger partial charge in [0.25, 0.3) is 10.0 Å². The Morgan fingerprint density at radius 1 is 0.889 bits per heavy atom. The van der Waals surface area contributed by atoms with Gasteiger partial charge in [0.05, 0.1) is 10.6 Å². The summed E-state index contributed by atoms with van der Waals surface area (Å²) < 4.78 is 43.0. The Hall–Kier alpha value is -4.21. The van der Waals surface area contributed by atoms with Crippen LogP contribution in [-0.2, 0) is 32.6 Å². The van der Waals surface area contributed by atoms with Crippen molar-refractivity contribution in [1.82, 2.24) is 10.2 Å². The summed E-state index contributed by atoms with van der Waals surface area (Å²) in [5.41, 5.74) is 2.50. The Morgan fingerprint density at radius 3 is 2.18 bits per heavy atom. The molecule has 0 heterocycles. The number of nitrogens with zero attached hydrogens (tertiary/aromatic N) is 2. The van der Waals surface area contributed by atoms with Crippen molar-refractivity contribution in [3.8, 4) is 0 Å². The highest BCUT2D eigenvalue weighted by atomic mass is 35.5. The van der Waals surface area contributed by atoms with Gasteiger partial charge in [-0.1, -0.05) is 73.1 Å². The highest BCUT2D eigenvalue weighted by Crippen LogP contribution is 2.27. The van der Waals surface area contributed by atoms with Crippen molar-refractivity contribution in [2.24, 2.45) is 0 Å². The van der Waals surface area contributed by atoms with E-state index in [9.17, 15) is 22.4 Å². The minimum absolute atomic E-state index is 0.0401. The van der Waals surface area contributed by atoms with Crippen molar-refractivity contribution in [1.29, 1.82) is 0 Å². The van der Waals surface area contributed by atoms with Crippen LogP contribution in [0.4, 0.5) is 10.1 Å². The van der Waals surface area contributed by atoms with E-state index in [1.807, 2.05) is 57.2 Å². The van der Waals surface area contributed by atoms with Crippen LogP contribution in [0.2, 0.25) is 5.02 Å². The zero-order valence-corrected chi connectivity index (χ0v) is 27.1. The summed E-state index contributed by atoms with van der Waals surface area (Å²) in [4.78, 5) is 29.6. The first-order valence-corrected chi connectivity index (χ1v) is 16.5. The third-order valence-corrected chi connectivity index (χ3v) is 9.55. The summed E-state index contributed by atoms with van der Waals surface area (Å²) in [7, 11) is -4.25. The van der Waals surface area contributed by atoms with E-state index in [-0.39, 0.29) is 29.8 Å². The van der Waals surface area contributed by atoms with Gasteiger partial charge in [-0.25, -0.2) is 12.8 Å². The molecule has 1 N–H and O–H groups in total. The van der Waals surface area contributed by atoms with E-state index in [0.29, 0.717) is 22.7 Å². The molecule has 2 atom stereocenters. The number of halogens is 2. The van der Waals surface area contributed by atoms with Crippen molar-refractivity contribution < 1.29 is 22.4 Å². The number of nitrogens with one attached hydrogen (secondary N) is 1. The third kappa shape index (κ3) is 8.93. The minimum Gasteiger partial charge on any atom is -0.352 e. The van der Waals surface area contributed by atoms with Gasteiger partial charge in [0.15, 0.2) is 0 Å². The predicted molar refractivity (Wildman–Crippen MR) is 176 cm³/mol. The Labute approximate surface area is 269 Å². The standard InChI is InChI=1S/C35H37ClFN3O4S/c1-4-26(3)38-35(42)33(22-27-10-6-5-7-11-27)39(23-28-13-17-30(37)18-14-28)34(41)24-40(31-12-8-9-25(2)21-31)45(43,44)32-19-15-29(36)16-20-32/h5-21,26,33H,4,22-24H2,1-3H3,(H,38,42)/t26-,33+/m0/s1. The molecule has 0 bridgehead atoms. The molecule has 7 nitrogen and oxygen atoms in total. The average Bonchev–Trinajstić information content (AvgIpc) is 3.02. The van der Waals surface area contributed by atoms with Crippen LogP contribution in [0, 0.1) is 12.7 Å². The summed E-state index contributed by atoms with van der Waals surface area (Å²) in [6.45, 7) is 5.01. The number of aryl methyl sites for hydroxylation is 1. The Bertz CT molecular complexity index is 1700. The quantitative estimate of drug-likeness (QED) is 0.178. The van der Waals surface area contributed by atoms with Gasteiger partial charge in [0, 0.05) is 24.0 Å². The second-order valence-corrected chi connectivity index (χ2v) is 13.3. The number of sulfonamides is 1. The third-order valence-electron chi connectivity index (χ3n) is 7.51. The molecule has 0 saturated heterocycles. The molecule has 10 heteroatoms. The van der Waals surface area contributed by atoms with Gasteiger partial charge < -0.3 is 10.2 Å². The SMILES string of the molecule is CC[C@H](C)NC(=O)[C@@H](Cc1ccccc1)N(Cc1ccc(F)cc1)C(=O)CN(c1cccc(C)c1)S(=O)(=O)c1ccc(Cl)cc1. The molecule has 4 aromatic rings. The molecular weight excluding hydrogens is 613 g/mol. The van der Waals surface area contributed by atoms with Crippen LogP contribution in [0.1, 0.15) is 37.0 Å². The molecule has 0 aliphatic heterocycles. The van der Waals surface area contributed by atoms with Crippen molar-refractivity contribution in [2.75, 3.05) is 10.8 Å². The molecule has 0 unspecified atom stereocenters. The molecule has 0 radical (unpaired) electrons. The normalized spacial score (nSPS) is 12.6. The van der Waals surface area contributed by atoms with Crippen LogP contribution >= 0.6 is 11.6 Å². The molecule has 2 amide bonds. The summed E-state index contributed by atoms with van der Waals surface area (Å²) in [5.74, 6) is -1.41. The van der Waals surface area contributed by atoms with Gasteiger partial charge in [-0.05, 0) is 85.5 Å². The monoisotopic (exact) mass is 649 g/mol. The lowest BCUT2D eigenvalue weighted by molar-refractivity contribution is -0.140. The largest absolute Gasteiger partial charge is 0.352 e. The van der Waals surface area contributed by atoms with Gasteiger partial charge in [-0.2, -0.15) is 0 Å². The van der Waals surface area contributed by atoms with Gasteiger partial charge in [0.1, 0.15) is 18.4 Å². The number of hydrogen-bond acceptors (Lipinski definition) is 4. The molecule has 0 aromatic heterocycles. The van der Waals surface area contributed by atoms with E-state index < -0.39 is 34.3 Å². The molecule has 0 aliphatic carbocycles. The zero-order chi connectivity index (χ0) is 32.6. The fourth-order valence-corrected chi connectivity index (χ4v) is 6.36. The van der Waals surface area contributed by atoms with Crippen molar-refractivity contribution in [3.05, 3.63) is 131 Å². The lowest BCUT2D eigenvalue weighted by Crippen LogP contribution is -2.54. The first-order valence-electron chi connectivity index (χ1n) is 14.7. The minimum atomic E-state index is -4.25. The number of anilines is 1. The second kappa shape index (κ2) is 15.2. The molecule has 4 rings (SSSR count). The van der Waals surface area contributed by atoms with Crippen LogP contribution in [0.5, 0.6) is 0 Å². The number of carbonyl (C=O) groups is 2. The zero-order valence-electron chi connectivity index (χ0n) is 25.5. The van der Waals surface area contributed by atoms with E-state index in [0.717, 1.165) is 15.4 Å². The number of hydrogen-bond donors (Lipinski definition) is 1. The van der Waals surface area contributed by atoms with E-state index in [1.54, 1.807) is 30.3 Å². The number of benzene rings is 4. The van der Waals surface area contributed by atoms with Gasteiger partial charge >= 0.3 is 0 Å². The van der Waals surface area contributed by atoms with Crippen molar-refractivity contribution in [2.45, 2.75) is 57.1 Å². The van der Waals surface area contributed by atoms with Crippen LogP contribution in [0.25, 0.3) is 0 Å². The van der Waals surface area contributed by atoms with Crippen LogP contribution in [-0.4, -0.2) is 43.8 Å². The molecule has 0 saturated carbocycles. The maximum absolute atomic E-state index is 14.5. The van der Waals surface area contributed by atoms with Crippen LogP contribution < -0.4 is 9.62 Å². The number of rotatable bonds is 13. The average molecular weight is 650 g/mol. The van der Waals surface area contributed by atoms with Gasteiger partial charge in [-0.15, -0.1) is 0 Å². The highest BCUT2D eigenvalue weighted by Gasteiger charge is 2.35. The molecule has 45 heavy (non-hydrogen) atoms. The smallest absolute Gasteiger partial charge is 0.264 e. The first-order chi connectivity index (χ1) is 21.5. The molecule has 0 fully saturated rings. The lowest BCUT2D eigenvalue weighted by Gasteiger charge is -2.34. The van der Waals surface area contributed by atoms with E-state index >= 15 is 0 Å². The fourth-order valence-electron chi connectivity index (χ4n) is 4.83. The Morgan fingerprint density at radius 2 is 1.56 bits per heavy atom. The Kier molecular flexibility index (Phi) is 11.4. The van der Waals surface area contributed by atoms with Crippen LogP contribution in [0.3, 0.4) is 0 Å². The topological polar surface area (TPSA) is 86.8 Å². The molecular formula is C35H37ClFN3O4S. The van der Waals surface area contributed by atoms with E-state index in [2.05, 4.69) is 5.32 Å². The van der Waals surface area contributed by atoms with Gasteiger partial charge in [-0.3, -0.25) is 13.9 Å². The summed E-state index contributed by atoms with van der Waals surface area (Å²) in [5, 5.41) is 3.37. The summed E-state index contributed by atoms with van der Waals surface area (Å²) in [6, 6.07) is 26.4. The maximum Gasteiger partial charge on any atom is 0.264 e. The molecule has 236 valence electrons. The van der Waals surface area contributed by atoms with Crippen LogP contribution in [0.15, 0.2) is 108 Å². The Balaban J connectivity index is 1.80. The van der Waals surface area contributed by atoms with Gasteiger partial charge in [0.2, 0.25) is 11.8 Å². The van der Waals surface area contributed by atoms with Crippen molar-refractivity contribution >= 4 is 39.1 Å². The molecule has 0 aliphatic rings. The molecule has 0 spiro atoms. The highest BCUT2D eigenvalue weighted by molar-refractivity contribution is 7.92. The summed E-state index contributed by atoms with van der Waals surface area (Å²) >= 11 is 6.04. The number of carbonyl (C=O) groups excluding carboxylic acids is 2. The number of amides is 2. The first kappa shape index (κ1) is 33.7. The lowest BCUT2D eigenvalue weighted by atomic mass is 10.0. The maximum atomic E-state index is 14.5. The second-order valence-electron chi connectivity index (χ2n) is 11.0. The fraction of sp³-hybridized carbons (Fsp3) is 0.257.